The molecule has 0 spiro atoms. The summed E-state index contributed by atoms with van der Waals surface area (Å²) >= 11 is 0. The van der Waals surface area contributed by atoms with E-state index in [1.165, 1.54) is 25.7 Å². The lowest BCUT2D eigenvalue weighted by atomic mass is 10.1. The molecule has 2 N–H and O–H groups in total. The van der Waals surface area contributed by atoms with Gasteiger partial charge in [0, 0.05) is 20.2 Å². The summed E-state index contributed by atoms with van der Waals surface area (Å²) in [7, 11) is 1.69. The predicted octanol–water partition coefficient (Wildman–Crippen LogP) is 1.94. The molecule has 0 saturated carbocycles. The van der Waals surface area contributed by atoms with Gasteiger partial charge in [0.15, 0.2) is 0 Å². The first-order valence-electron chi connectivity index (χ1n) is 6.19. The number of hydrogen-bond acceptors (Lipinski definition) is 3. The number of ether oxygens (including phenoxy) is 1. The predicted molar refractivity (Wildman–Crippen MR) is 64.1 cm³/mol. The number of unbranched alkanes of at least 4 members (excludes halogenated alkanes) is 4. The van der Waals surface area contributed by atoms with E-state index in [1.807, 2.05) is 0 Å². The highest BCUT2D eigenvalue weighted by atomic mass is 16.5. The zero-order valence-corrected chi connectivity index (χ0v) is 10.3. The molecule has 0 aromatic rings. The van der Waals surface area contributed by atoms with Crippen LogP contribution in [0.25, 0.3) is 0 Å². The van der Waals surface area contributed by atoms with Gasteiger partial charge in [-0.15, -0.1) is 0 Å². The summed E-state index contributed by atoms with van der Waals surface area (Å²) in [6.07, 6.45) is 7.03. The Morgan fingerprint density at radius 1 is 1.20 bits per heavy atom. The minimum atomic E-state index is -0.191. The average Bonchev–Trinajstić information content (AvgIpc) is 2.24. The van der Waals surface area contributed by atoms with Crippen LogP contribution in [0.1, 0.15) is 45.4 Å². The van der Waals surface area contributed by atoms with Crippen LogP contribution in [0.2, 0.25) is 0 Å². The lowest BCUT2D eigenvalue weighted by Gasteiger charge is -2.11. The monoisotopic (exact) mass is 217 g/mol. The molecule has 0 fully saturated rings. The summed E-state index contributed by atoms with van der Waals surface area (Å²) in [4.78, 5) is 0. The van der Waals surface area contributed by atoms with E-state index in [4.69, 9.17) is 4.74 Å². The van der Waals surface area contributed by atoms with Gasteiger partial charge in [-0.2, -0.15) is 0 Å². The highest BCUT2D eigenvalue weighted by Crippen LogP contribution is 2.06. The molecule has 0 aliphatic heterocycles. The number of aliphatic hydroxyl groups is 1. The maximum atomic E-state index is 9.60. The molecule has 0 bridgehead atoms. The van der Waals surface area contributed by atoms with Crippen LogP contribution in [-0.4, -0.2) is 38.0 Å². The van der Waals surface area contributed by atoms with Gasteiger partial charge in [-0.05, 0) is 6.42 Å². The normalized spacial score (nSPS) is 13.0. The fraction of sp³-hybridized carbons (Fsp3) is 1.00. The minimum absolute atomic E-state index is 0.191. The van der Waals surface area contributed by atoms with E-state index in [-0.39, 0.29) is 6.10 Å². The van der Waals surface area contributed by atoms with Crippen molar-refractivity contribution in [2.45, 2.75) is 51.6 Å². The topological polar surface area (TPSA) is 41.5 Å². The Bertz CT molecular complexity index is 120. The molecule has 0 radical (unpaired) electrons. The van der Waals surface area contributed by atoms with Gasteiger partial charge in [0.05, 0.1) is 12.7 Å². The zero-order chi connectivity index (χ0) is 11.4. The number of nitrogens with one attached hydrogen (secondary N) is 1. The van der Waals surface area contributed by atoms with Crippen molar-refractivity contribution in [2.75, 3.05) is 26.8 Å². The number of rotatable bonds is 11. The second kappa shape index (κ2) is 12.0. The quantitative estimate of drug-likeness (QED) is 0.520. The lowest BCUT2D eigenvalue weighted by Crippen LogP contribution is -2.29. The summed E-state index contributed by atoms with van der Waals surface area (Å²) in [6.45, 7) is 4.44. The number of aliphatic hydroxyl groups excluding tert-OH is 1. The molecule has 0 rings (SSSR count). The molecule has 15 heavy (non-hydrogen) atoms. The van der Waals surface area contributed by atoms with Crippen molar-refractivity contribution >= 4 is 0 Å². The summed E-state index contributed by atoms with van der Waals surface area (Å²) in [6, 6.07) is 0. The first-order chi connectivity index (χ1) is 7.31. The highest BCUT2D eigenvalue weighted by Gasteiger charge is 2.02. The molecule has 1 unspecified atom stereocenters. The molecule has 0 aliphatic rings. The van der Waals surface area contributed by atoms with Crippen molar-refractivity contribution in [3.05, 3.63) is 0 Å². The molecule has 0 aliphatic carbocycles. The van der Waals surface area contributed by atoms with Gasteiger partial charge in [0.1, 0.15) is 0 Å². The summed E-state index contributed by atoms with van der Waals surface area (Å²) in [5.41, 5.74) is 0. The molecule has 1 atom stereocenters. The zero-order valence-electron chi connectivity index (χ0n) is 10.3. The Kier molecular flexibility index (Phi) is 11.9. The van der Waals surface area contributed by atoms with Crippen molar-refractivity contribution in [2.24, 2.45) is 0 Å². The third-order valence-electron chi connectivity index (χ3n) is 2.50. The average molecular weight is 217 g/mol. The Labute approximate surface area is 94.2 Å². The molecule has 0 aromatic heterocycles. The summed E-state index contributed by atoms with van der Waals surface area (Å²) < 4.78 is 4.90. The molecule has 0 amide bonds. The van der Waals surface area contributed by atoms with Gasteiger partial charge in [-0.25, -0.2) is 0 Å². The van der Waals surface area contributed by atoms with Crippen molar-refractivity contribution < 1.29 is 9.84 Å². The van der Waals surface area contributed by atoms with E-state index in [1.54, 1.807) is 7.11 Å². The fourth-order valence-electron chi connectivity index (χ4n) is 1.53. The molecular formula is C12H27NO2. The molecular weight excluding hydrogens is 190 g/mol. The largest absolute Gasteiger partial charge is 0.392 e. The van der Waals surface area contributed by atoms with Crippen molar-refractivity contribution in [1.82, 2.24) is 5.32 Å². The molecule has 0 saturated heterocycles. The molecule has 92 valence electrons. The van der Waals surface area contributed by atoms with E-state index in [0.29, 0.717) is 13.2 Å². The molecule has 3 heteroatoms. The second-order valence-electron chi connectivity index (χ2n) is 4.05. The Balaban J connectivity index is 3.08. The van der Waals surface area contributed by atoms with Crippen molar-refractivity contribution in [3.8, 4) is 0 Å². The lowest BCUT2D eigenvalue weighted by molar-refractivity contribution is 0.149. The van der Waals surface area contributed by atoms with Crippen LogP contribution in [-0.2, 0) is 4.74 Å². The van der Waals surface area contributed by atoms with E-state index in [9.17, 15) is 5.11 Å². The number of methoxy groups -OCH3 is 1. The van der Waals surface area contributed by atoms with Gasteiger partial charge in [0.2, 0.25) is 0 Å². The van der Waals surface area contributed by atoms with E-state index in [2.05, 4.69) is 12.2 Å². The van der Waals surface area contributed by atoms with Gasteiger partial charge in [0.25, 0.3) is 0 Å². The van der Waals surface area contributed by atoms with Crippen LogP contribution < -0.4 is 5.32 Å². The smallest absolute Gasteiger partial charge is 0.0664 e. The van der Waals surface area contributed by atoms with Gasteiger partial charge in [-0.3, -0.25) is 0 Å². The van der Waals surface area contributed by atoms with E-state index < -0.39 is 0 Å². The van der Waals surface area contributed by atoms with E-state index in [0.717, 1.165) is 19.4 Å². The summed E-state index contributed by atoms with van der Waals surface area (Å²) in [5.74, 6) is 0. The van der Waals surface area contributed by atoms with Crippen molar-refractivity contribution in [3.63, 3.8) is 0 Å². The Hall–Kier alpha value is -0.120. The summed E-state index contributed by atoms with van der Waals surface area (Å²) in [5, 5.41) is 12.8. The highest BCUT2D eigenvalue weighted by molar-refractivity contribution is 4.59. The second-order valence-corrected chi connectivity index (χ2v) is 4.05. The SMILES string of the molecule is CCCCCCCC(O)CNCCOC. The van der Waals surface area contributed by atoms with Crippen LogP contribution in [0.4, 0.5) is 0 Å². The van der Waals surface area contributed by atoms with Gasteiger partial charge in [-0.1, -0.05) is 39.0 Å². The van der Waals surface area contributed by atoms with Crippen molar-refractivity contribution in [1.29, 1.82) is 0 Å². The first kappa shape index (κ1) is 14.9. The van der Waals surface area contributed by atoms with Crippen LogP contribution >= 0.6 is 0 Å². The Morgan fingerprint density at radius 3 is 2.60 bits per heavy atom. The van der Waals surface area contributed by atoms with Gasteiger partial charge >= 0.3 is 0 Å². The van der Waals surface area contributed by atoms with Crippen LogP contribution in [0, 0.1) is 0 Å². The molecule has 3 nitrogen and oxygen atoms in total. The van der Waals surface area contributed by atoms with Crippen LogP contribution in [0.5, 0.6) is 0 Å². The van der Waals surface area contributed by atoms with E-state index >= 15 is 0 Å². The first-order valence-corrected chi connectivity index (χ1v) is 6.19. The maximum Gasteiger partial charge on any atom is 0.0664 e. The number of hydrogen-bond donors (Lipinski definition) is 2. The third kappa shape index (κ3) is 11.8. The Morgan fingerprint density at radius 2 is 1.93 bits per heavy atom. The molecule has 0 heterocycles. The fourth-order valence-corrected chi connectivity index (χ4v) is 1.53. The third-order valence-corrected chi connectivity index (χ3v) is 2.50. The van der Waals surface area contributed by atoms with Crippen LogP contribution in [0.15, 0.2) is 0 Å². The molecule has 0 aromatic carbocycles. The maximum absolute atomic E-state index is 9.60. The van der Waals surface area contributed by atoms with Crippen LogP contribution in [0.3, 0.4) is 0 Å². The minimum Gasteiger partial charge on any atom is -0.392 e. The van der Waals surface area contributed by atoms with Gasteiger partial charge < -0.3 is 15.2 Å². The standard InChI is InChI=1S/C12H27NO2/c1-3-4-5-6-7-8-12(14)11-13-9-10-15-2/h12-14H,3-11H2,1-2H3.